The summed E-state index contributed by atoms with van der Waals surface area (Å²) in [5.41, 5.74) is 0. The van der Waals surface area contributed by atoms with E-state index in [0.717, 1.165) is 0 Å². The van der Waals surface area contributed by atoms with Gasteiger partial charge in [-0.1, -0.05) is 12.2 Å². The van der Waals surface area contributed by atoms with Gasteiger partial charge < -0.3 is 5.01 Å². The smallest absolute Gasteiger partial charge is 0.303 e. The Hall–Kier alpha value is -0.650. The summed E-state index contributed by atoms with van der Waals surface area (Å²) in [5, 5.41) is 4.57. The fourth-order valence-corrected chi connectivity index (χ4v) is 0.288. The van der Waals surface area contributed by atoms with Gasteiger partial charge in [-0.3, -0.25) is 0 Å². The molecule has 0 aromatic heterocycles. The first-order valence-corrected chi connectivity index (χ1v) is 3.07. The van der Waals surface area contributed by atoms with Crippen LogP contribution in [0.5, 0.6) is 0 Å². The fourth-order valence-electron chi connectivity index (χ4n) is 0.241. The molecule has 0 unspecified atom stereocenters. The van der Waals surface area contributed by atoms with Crippen LogP contribution in [0, 0.1) is 0 Å². The maximum Gasteiger partial charge on any atom is 0.427 e. The van der Waals surface area contributed by atoms with Crippen LogP contribution >= 0.6 is 12.2 Å². The number of hydrogen-bond acceptors (Lipinski definition) is 3. The molecule has 0 heterocycles. The maximum atomic E-state index is 11.6. The molecule has 0 aromatic rings. The summed E-state index contributed by atoms with van der Waals surface area (Å²) in [5.74, 6) is 0. The van der Waals surface area contributed by atoms with Gasteiger partial charge in [0.1, 0.15) is 4.86 Å². The van der Waals surface area contributed by atoms with Crippen LogP contribution in [0.3, 0.4) is 0 Å². The average molecular weight is 184 g/mol. The van der Waals surface area contributed by atoms with Crippen molar-refractivity contribution in [3.05, 3.63) is 0 Å². The van der Waals surface area contributed by atoms with Gasteiger partial charge in [-0.05, 0) is 0 Å². The molecule has 0 spiro atoms. The first kappa shape index (κ1) is 10.3. The minimum atomic E-state index is -4.45. The Morgan fingerprint density at radius 3 is 2.18 bits per heavy atom. The Balaban J connectivity index is 4.09. The second kappa shape index (κ2) is 3.66. The van der Waals surface area contributed by atoms with Gasteiger partial charge in [0.25, 0.3) is 0 Å². The lowest BCUT2D eigenvalue weighted by atomic mass is 10.4. The molecule has 0 aliphatic heterocycles. The normalized spacial score (nSPS) is 12.1. The predicted octanol–water partition coefficient (Wildman–Crippen LogP) is 1.47. The zero-order valence-electron chi connectivity index (χ0n) is 6.01. The topological polar surface area (TPSA) is 15.6 Å². The summed E-state index contributed by atoms with van der Waals surface area (Å²) >= 11 is 4.01. The van der Waals surface area contributed by atoms with Gasteiger partial charge in [0.2, 0.25) is 0 Å². The van der Waals surface area contributed by atoms with Crippen LogP contribution in [-0.4, -0.2) is 36.4 Å². The van der Waals surface area contributed by atoms with Gasteiger partial charge in [-0.15, -0.1) is 0 Å². The lowest BCUT2D eigenvalue weighted by Crippen LogP contribution is -2.22. The number of hydrazone groups is 1. The number of hydrogen-bond donors (Lipinski definition) is 0. The SMILES string of the molecule is CN(C)/N=C/C(=S)C(F)(F)F. The van der Waals surface area contributed by atoms with Gasteiger partial charge in [0.05, 0.1) is 6.21 Å². The largest absolute Gasteiger partial charge is 0.427 e. The van der Waals surface area contributed by atoms with E-state index < -0.39 is 11.0 Å². The van der Waals surface area contributed by atoms with Crippen molar-refractivity contribution >= 4 is 23.3 Å². The first-order valence-electron chi connectivity index (χ1n) is 2.66. The zero-order chi connectivity index (χ0) is 9.07. The molecule has 0 aliphatic rings. The third-order valence-electron chi connectivity index (χ3n) is 0.685. The highest BCUT2D eigenvalue weighted by Gasteiger charge is 2.32. The Morgan fingerprint density at radius 2 is 1.91 bits per heavy atom. The first-order chi connectivity index (χ1) is 4.84. The molecule has 0 aliphatic carbocycles. The van der Waals surface area contributed by atoms with Crippen molar-refractivity contribution in [2.24, 2.45) is 5.10 Å². The van der Waals surface area contributed by atoms with Gasteiger partial charge in [-0.2, -0.15) is 18.3 Å². The Bertz CT molecular complexity index is 173. The van der Waals surface area contributed by atoms with Crippen LogP contribution < -0.4 is 0 Å². The lowest BCUT2D eigenvalue weighted by molar-refractivity contribution is -0.0541. The number of rotatable bonds is 2. The highest BCUT2D eigenvalue weighted by Crippen LogP contribution is 2.15. The average Bonchev–Trinajstić information content (AvgIpc) is 1.80. The van der Waals surface area contributed by atoms with E-state index in [-0.39, 0.29) is 0 Å². The van der Waals surface area contributed by atoms with Crippen LogP contribution in [0.4, 0.5) is 13.2 Å². The predicted molar refractivity (Wildman–Crippen MR) is 40.8 cm³/mol. The second-order valence-corrected chi connectivity index (χ2v) is 2.39. The van der Waals surface area contributed by atoms with Gasteiger partial charge in [0.15, 0.2) is 0 Å². The molecule has 0 aromatic carbocycles. The van der Waals surface area contributed by atoms with Crippen molar-refractivity contribution in [2.45, 2.75) is 6.18 Å². The minimum absolute atomic E-state index is 0.606. The quantitative estimate of drug-likeness (QED) is 0.367. The van der Waals surface area contributed by atoms with Crippen LogP contribution in [0.1, 0.15) is 0 Å². The summed E-state index contributed by atoms with van der Waals surface area (Å²) < 4.78 is 34.9. The molecule has 0 atom stereocenters. The van der Waals surface area contributed by atoms with E-state index in [9.17, 15) is 13.2 Å². The standard InChI is InChI=1S/C5H7F3N2S/c1-10(2)9-3-4(11)5(6,7)8/h3H,1-2H3/b9-3+. The molecule has 0 rings (SSSR count). The van der Waals surface area contributed by atoms with Crippen LogP contribution in [-0.2, 0) is 0 Å². The molecule has 0 radical (unpaired) electrons. The molecule has 64 valence electrons. The third kappa shape index (κ3) is 4.72. The van der Waals surface area contributed by atoms with Crippen LogP contribution in [0.2, 0.25) is 0 Å². The molecule has 0 amide bonds. The molecule has 0 saturated heterocycles. The van der Waals surface area contributed by atoms with Crippen LogP contribution in [0.25, 0.3) is 0 Å². The van der Waals surface area contributed by atoms with E-state index in [4.69, 9.17) is 0 Å². The van der Waals surface area contributed by atoms with Gasteiger partial charge in [-0.25, -0.2) is 0 Å². The third-order valence-corrected chi connectivity index (χ3v) is 1.02. The van der Waals surface area contributed by atoms with Crippen molar-refractivity contribution in [3.63, 3.8) is 0 Å². The fraction of sp³-hybridized carbons (Fsp3) is 0.600. The number of halogens is 3. The van der Waals surface area contributed by atoms with Crippen molar-refractivity contribution < 1.29 is 13.2 Å². The molecule has 11 heavy (non-hydrogen) atoms. The van der Waals surface area contributed by atoms with E-state index >= 15 is 0 Å². The Labute approximate surface area is 67.7 Å². The summed E-state index contributed by atoms with van der Waals surface area (Å²) in [6.45, 7) is 0. The van der Waals surface area contributed by atoms with Crippen molar-refractivity contribution in [1.82, 2.24) is 5.01 Å². The molecule has 0 saturated carbocycles. The summed E-state index contributed by atoms with van der Waals surface area (Å²) in [4.78, 5) is -1.12. The molecule has 2 nitrogen and oxygen atoms in total. The highest BCUT2D eigenvalue weighted by atomic mass is 32.1. The minimum Gasteiger partial charge on any atom is -0.303 e. The molecule has 0 N–H and O–H groups in total. The lowest BCUT2D eigenvalue weighted by Gasteiger charge is -2.05. The van der Waals surface area contributed by atoms with Crippen molar-refractivity contribution in [3.8, 4) is 0 Å². The monoisotopic (exact) mass is 184 g/mol. The number of thiocarbonyl (C=S) groups is 1. The Kier molecular flexibility index (Phi) is 3.44. The summed E-state index contributed by atoms with van der Waals surface area (Å²) in [6, 6.07) is 0. The zero-order valence-corrected chi connectivity index (χ0v) is 6.83. The van der Waals surface area contributed by atoms with Gasteiger partial charge in [0, 0.05) is 14.1 Å². The summed E-state index contributed by atoms with van der Waals surface area (Å²) in [7, 11) is 3.02. The van der Waals surface area contributed by atoms with E-state index in [2.05, 4.69) is 17.3 Å². The Morgan fingerprint density at radius 1 is 1.45 bits per heavy atom. The van der Waals surface area contributed by atoms with Crippen molar-refractivity contribution in [1.29, 1.82) is 0 Å². The van der Waals surface area contributed by atoms with Gasteiger partial charge >= 0.3 is 6.18 Å². The van der Waals surface area contributed by atoms with E-state index in [1.165, 1.54) is 19.1 Å². The highest BCUT2D eigenvalue weighted by molar-refractivity contribution is 7.82. The van der Waals surface area contributed by atoms with Crippen LogP contribution in [0.15, 0.2) is 5.10 Å². The maximum absolute atomic E-state index is 11.6. The molecule has 0 bridgehead atoms. The van der Waals surface area contributed by atoms with E-state index in [1.807, 2.05) is 0 Å². The molecule has 0 fully saturated rings. The molecular formula is C5H7F3N2S. The second-order valence-electron chi connectivity index (χ2n) is 1.95. The number of nitrogens with zero attached hydrogens (tertiary/aromatic N) is 2. The summed E-state index contributed by atoms with van der Waals surface area (Å²) in [6.07, 6.45) is -3.84. The van der Waals surface area contributed by atoms with E-state index in [0.29, 0.717) is 6.21 Å². The van der Waals surface area contributed by atoms with Crippen molar-refractivity contribution in [2.75, 3.05) is 14.1 Å². The molecule has 6 heteroatoms. The number of alkyl halides is 3. The van der Waals surface area contributed by atoms with E-state index in [1.54, 1.807) is 0 Å². The molecular weight excluding hydrogens is 177 g/mol.